The van der Waals surface area contributed by atoms with Gasteiger partial charge in [-0.25, -0.2) is 14.4 Å². The first-order chi connectivity index (χ1) is 13.8. The van der Waals surface area contributed by atoms with Crippen LogP contribution in [0.25, 0.3) is 5.69 Å². The summed E-state index contributed by atoms with van der Waals surface area (Å²) in [5.74, 6) is -0.772. The van der Waals surface area contributed by atoms with Gasteiger partial charge in [-0.2, -0.15) is 0 Å². The molecule has 150 valence electrons. The first-order valence-electron chi connectivity index (χ1n) is 8.76. The number of aliphatic carboxylic acids is 1. The Balaban J connectivity index is 0.000000552. The number of benzene rings is 2. The van der Waals surface area contributed by atoms with Gasteiger partial charge >= 0.3 is 0 Å². The van der Waals surface area contributed by atoms with Crippen LogP contribution in [0.1, 0.15) is 35.8 Å². The van der Waals surface area contributed by atoms with E-state index in [0.29, 0.717) is 17.1 Å². The molecule has 4 rings (SSSR count). The van der Waals surface area contributed by atoms with Gasteiger partial charge in [0.05, 0.1) is 17.1 Å². The number of aliphatic hydroxyl groups excluding tert-OH is 1. The van der Waals surface area contributed by atoms with E-state index in [1.165, 1.54) is 6.07 Å². The summed E-state index contributed by atoms with van der Waals surface area (Å²) in [6.07, 6.45) is 2.68. The van der Waals surface area contributed by atoms with Crippen molar-refractivity contribution in [3.63, 3.8) is 0 Å². The summed E-state index contributed by atoms with van der Waals surface area (Å²) < 4.78 is 16.3. The van der Waals surface area contributed by atoms with Crippen molar-refractivity contribution in [3.05, 3.63) is 77.1 Å². The summed E-state index contributed by atoms with van der Waals surface area (Å²) in [7, 11) is 0. The molecule has 1 aromatic heterocycles. The van der Waals surface area contributed by atoms with Gasteiger partial charge in [-0.05, 0) is 43.5 Å². The normalized spacial score (nSPS) is 14.7. The molecule has 0 saturated carbocycles. The average molecular weight is 413 g/mol. The van der Waals surface area contributed by atoms with E-state index in [1.54, 1.807) is 30.0 Å². The van der Waals surface area contributed by atoms with Crippen molar-refractivity contribution in [2.45, 2.75) is 25.0 Å². The summed E-state index contributed by atoms with van der Waals surface area (Å²) in [5, 5.41) is 18.0. The third-order valence-corrected chi connectivity index (χ3v) is 4.91. The number of aliphatic imine (C=N–C) groups is 1. The number of nitrogens with zero attached hydrogens (tertiary/aromatic N) is 3. The Hall–Kier alpha value is -2.97. The summed E-state index contributed by atoms with van der Waals surface area (Å²) in [6.45, 7) is 2.95. The largest absolute Gasteiger partial charge is 0.481 e. The average Bonchev–Trinajstić information content (AvgIpc) is 3.03. The molecule has 2 aromatic carbocycles. The van der Waals surface area contributed by atoms with E-state index in [1.807, 2.05) is 42.1 Å². The highest BCUT2D eigenvalue weighted by atomic mass is 32.2. The molecule has 2 heterocycles. The number of thioether (sulfide) groups is 1. The van der Waals surface area contributed by atoms with Gasteiger partial charge in [0.25, 0.3) is 5.97 Å². The Morgan fingerprint density at radius 2 is 1.90 bits per heavy atom. The minimum Gasteiger partial charge on any atom is -0.481 e. The fraction of sp³-hybridized carbons (Fsp3) is 0.190. The zero-order valence-electron chi connectivity index (χ0n) is 16.1. The summed E-state index contributed by atoms with van der Waals surface area (Å²) in [6, 6.07) is 12.4. The second-order valence-electron chi connectivity index (χ2n) is 6.34. The molecule has 0 radical (unpaired) electrons. The highest BCUT2D eigenvalue weighted by Gasteiger charge is 2.26. The van der Waals surface area contributed by atoms with Gasteiger partial charge in [-0.1, -0.05) is 12.1 Å². The van der Waals surface area contributed by atoms with Crippen LogP contribution in [0.15, 0.2) is 58.5 Å². The molecule has 0 bridgehead atoms. The molecule has 0 amide bonds. The number of hydrogen-bond acceptors (Lipinski definition) is 5. The Morgan fingerprint density at radius 3 is 2.55 bits per heavy atom. The molecule has 2 N–H and O–H groups in total. The first-order valence-corrected chi connectivity index (χ1v) is 9.99. The van der Waals surface area contributed by atoms with E-state index in [4.69, 9.17) is 9.90 Å². The van der Waals surface area contributed by atoms with Crippen LogP contribution in [-0.4, -0.2) is 37.7 Å². The van der Waals surface area contributed by atoms with Gasteiger partial charge in [0.1, 0.15) is 5.82 Å². The highest BCUT2D eigenvalue weighted by Crippen LogP contribution is 2.32. The van der Waals surface area contributed by atoms with Crippen molar-refractivity contribution in [3.8, 4) is 5.69 Å². The minimum absolute atomic E-state index is 0.364. The van der Waals surface area contributed by atoms with E-state index >= 15 is 0 Å². The minimum atomic E-state index is -1.16. The predicted octanol–water partition coefficient (Wildman–Crippen LogP) is 3.97. The third kappa shape index (κ3) is 4.38. The Morgan fingerprint density at radius 1 is 1.21 bits per heavy atom. The number of aliphatic hydroxyl groups is 1. The Labute approximate surface area is 171 Å². The molecule has 0 spiro atoms. The number of carboxylic acid groups (broad SMARTS) is 1. The molecule has 1 atom stereocenters. The van der Waals surface area contributed by atoms with E-state index in [2.05, 4.69) is 9.98 Å². The molecule has 0 saturated heterocycles. The van der Waals surface area contributed by atoms with Gasteiger partial charge in [0, 0.05) is 29.1 Å². The molecular formula is C21H20FN3O3S. The smallest absolute Gasteiger partial charge is 0.300 e. The van der Waals surface area contributed by atoms with Crippen LogP contribution in [-0.2, 0) is 4.79 Å². The van der Waals surface area contributed by atoms with Crippen LogP contribution >= 0.6 is 11.8 Å². The number of imidazole rings is 1. The van der Waals surface area contributed by atoms with Crippen LogP contribution in [0.4, 0.5) is 4.39 Å². The number of aryl methyl sites for hydroxylation is 1. The van der Waals surface area contributed by atoms with Gasteiger partial charge in [0.15, 0.2) is 5.82 Å². The maximum Gasteiger partial charge on any atom is 0.300 e. The first kappa shape index (κ1) is 20.8. The number of fused-ring (bicyclic) bond motifs is 3. The molecule has 8 heteroatoms. The SMILES string of the molecule is CC(=O)O.CSc1ccc2c(c1)C(c1ccccc1F)=NC(O)c1nc(C)cn1-2. The molecular weight excluding hydrogens is 393 g/mol. The van der Waals surface area contributed by atoms with Crippen LogP contribution < -0.4 is 0 Å². The second kappa shape index (κ2) is 8.59. The van der Waals surface area contributed by atoms with E-state index < -0.39 is 12.2 Å². The van der Waals surface area contributed by atoms with Crippen LogP contribution in [0.5, 0.6) is 0 Å². The molecule has 29 heavy (non-hydrogen) atoms. The molecule has 0 aliphatic carbocycles. The van der Waals surface area contributed by atoms with Gasteiger partial charge < -0.3 is 10.2 Å². The summed E-state index contributed by atoms with van der Waals surface area (Å²) >= 11 is 1.60. The lowest BCUT2D eigenvalue weighted by Gasteiger charge is -2.13. The number of carboxylic acids is 1. The van der Waals surface area contributed by atoms with E-state index in [0.717, 1.165) is 28.8 Å². The molecule has 6 nitrogen and oxygen atoms in total. The number of aromatic nitrogens is 2. The Bertz CT molecular complexity index is 1090. The van der Waals surface area contributed by atoms with Crippen LogP contribution in [0.3, 0.4) is 0 Å². The lowest BCUT2D eigenvalue weighted by atomic mass is 10.00. The van der Waals surface area contributed by atoms with E-state index in [9.17, 15) is 9.50 Å². The zero-order chi connectivity index (χ0) is 21.1. The van der Waals surface area contributed by atoms with Crippen molar-refractivity contribution in [2.75, 3.05) is 6.26 Å². The highest BCUT2D eigenvalue weighted by molar-refractivity contribution is 7.98. The number of carbonyl (C=O) groups is 1. The van der Waals surface area contributed by atoms with Crippen molar-refractivity contribution < 1.29 is 19.4 Å². The fourth-order valence-electron chi connectivity index (χ4n) is 3.05. The van der Waals surface area contributed by atoms with Gasteiger partial charge in [-0.15, -0.1) is 11.8 Å². The Kier molecular flexibility index (Phi) is 6.14. The molecule has 1 aliphatic rings. The maximum atomic E-state index is 14.4. The zero-order valence-corrected chi connectivity index (χ0v) is 16.9. The topological polar surface area (TPSA) is 87.7 Å². The van der Waals surface area contributed by atoms with Crippen molar-refractivity contribution in [1.29, 1.82) is 0 Å². The lowest BCUT2D eigenvalue weighted by Crippen LogP contribution is -2.09. The standard InChI is InChI=1S/C19H16FN3OS.C2H4O2/c1-11-10-23-16-8-7-12(25-2)9-14(16)17(22-19(24)18(23)21-11)13-5-3-4-6-15(13)20;1-2(3)4/h3-10,19,24H,1-2H3;1H3,(H,3,4). The summed E-state index contributed by atoms with van der Waals surface area (Å²) in [4.78, 5) is 18.8. The van der Waals surface area contributed by atoms with Crippen molar-refractivity contribution >= 4 is 23.4 Å². The van der Waals surface area contributed by atoms with Crippen molar-refractivity contribution in [2.24, 2.45) is 4.99 Å². The summed E-state index contributed by atoms with van der Waals surface area (Å²) in [5.41, 5.74) is 3.18. The number of halogens is 1. The maximum absolute atomic E-state index is 14.4. The van der Waals surface area contributed by atoms with Crippen LogP contribution in [0, 0.1) is 12.7 Å². The fourth-order valence-corrected chi connectivity index (χ4v) is 3.49. The lowest BCUT2D eigenvalue weighted by molar-refractivity contribution is -0.134. The number of hydrogen-bond donors (Lipinski definition) is 2. The molecule has 3 aromatic rings. The monoisotopic (exact) mass is 413 g/mol. The third-order valence-electron chi connectivity index (χ3n) is 4.18. The van der Waals surface area contributed by atoms with Crippen molar-refractivity contribution in [1.82, 2.24) is 9.55 Å². The van der Waals surface area contributed by atoms with Crippen LogP contribution in [0.2, 0.25) is 0 Å². The van der Waals surface area contributed by atoms with Gasteiger partial charge in [0.2, 0.25) is 6.23 Å². The predicted molar refractivity (Wildman–Crippen MR) is 110 cm³/mol. The second-order valence-corrected chi connectivity index (χ2v) is 7.22. The number of rotatable bonds is 2. The molecule has 1 aliphatic heterocycles. The van der Waals surface area contributed by atoms with Gasteiger partial charge in [-0.3, -0.25) is 9.36 Å². The quantitative estimate of drug-likeness (QED) is 0.621. The van der Waals surface area contributed by atoms with E-state index in [-0.39, 0.29) is 5.82 Å². The molecule has 0 fully saturated rings. The molecule has 1 unspecified atom stereocenters.